The van der Waals surface area contributed by atoms with Gasteiger partial charge in [0, 0.05) is 23.7 Å². The SMILES string of the molecule is CSc1cccc(NC(=O)C2CCCN(c3nc4ccc(F)cc4s3)C2)c1. The Morgan fingerprint density at radius 3 is 3.07 bits per heavy atom. The number of thioether (sulfide) groups is 1. The van der Waals surface area contributed by atoms with E-state index < -0.39 is 0 Å². The second-order valence-corrected chi connectivity index (χ2v) is 8.50. The number of rotatable bonds is 4. The van der Waals surface area contributed by atoms with Crippen LogP contribution in [0.4, 0.5) is 15.2 Å². The summed E-state index contributed by atoms with van der Waals surface area (Å²) < 4.78 is 14.3. The quantitative estimate of drug-likeness (QED) is 0.624. The summed E-state index contributed by atoms with van der Waals surface area (Å²) in [4.78, 5) is 20.6. The van der Waals surface area contributed by atoms with Gasteiger partial charge in [0.15, 0.2) is 5.13 Å². The van der Waals surface area contributed by atoms with Gasteiger partial charge in [-0.1, -0.05) is 17.4 Å². The summed E-state index contributed by atoms with van der Waals surface area (Å²) in [6, 6.07) is 12.5. The fourth-order valence-electron chi connectivity index (χ4n) is 3.33. The van der Waals surface area contributed by atoms with Crippen molar-refractivity contribution in [2.45, 2.75) is 17.7 Å². The highest BCUT2D eigenvalue weighted by Gasteiger charge is 2.27. The highest BCUT2D eigenvalue weighted by molar-refractivity contribution is 7.98. The van der Waals surface area contributed by atoms with Crippen LogP contribution in [0.15, 0.2) is 47.4 Å². The summed E-state index contributed by atoms with van der Waals surface area (Å²) in [5.74, 6) is -0.286. The van der Waals surface area contributed by atoms with Crippen LogP contribution >= 0.6 is 23.1 Å². The molecule has 1 amide bonds. The molecule has 0 saturated carbocycles. The number of piperidine rings is 1. The second kappa shape index (κ2) is 7.86. The normalized spacial score (nSPS) is 17.3. The lowest BCUT2D eigenvalue weighted by Gasteiger charge is -2.31. The van der Waals surface area contributed by atoms with Crippen LogP contribution in [0.3, 0.4) is 0 Å². The van der Waals surface area contributed by atoms with Crippen molar-refractivity contribution in [3.63, 3.8) is 0 Å². The lowest BCUT2D eigenvalue weighted by atomic mass is 9.97. The number of nitrogens with one attached hydrogen (secondary N) is 1. The van der Waals surface area contributed by atoms with Gasteiger partial charge in [0.25, 0.3) is 0 Å². The van der Waals surface area contributed by atoms with E-state index in [1.807, 2.05) is 30.5 Å². The Labute approximate surface area is 165 Å². The van der Waals surface area contributed by atoms with Crippen LogP contribution in [0.25, 0.3) is 10.2 Å². The Hall–Kier alpha value is -2.12. The van der Waals surface area contributed by atoms with E-state index >= 15 is 0 Å². The van der Waals surface area contributed by atoms with Gasteiger partial charge in [-0.05, 0) is 55.5 Å². The fraction of sp³-hybridized carbons (Fsp3) is 0.300. The zero-order valence-electron chi connectivity index (χ0n) is 14.9. The number of aromatic nitrogens is 1. The Morgan fingerprint density at radius 2 is 2.22 bits per heavy atom. The van der Waals surface area contributed by atoms with E-state index in [4.69, 9.17) is 0 Å². The molecular weight excluding hydrogens is 381 g/mol. The predicted octanol–water partition coefficient (Wildman–Crippen LogP) is 5.01. The van der Waals surface area contributed by atoms with Gasteiger partial charge < -0.3 is 10.2 Å². The van der Waals surface area contributed by atoms with Gasteiger partial charge in [0.2, 0.25) is 5.91 Å². The van der Waals surface area contributed by atoms with E-state index in [2.05, 4.69) is 15.2 Å². The van der Waals surface area contributed by atoms with Crippen LogP contribution in [0.2, 0.25) is 0 Å². The molecule has 7 heteroatoms. The summed E-state index contributed by atoms with van der Waals surface area (Å²) >= 11 is 3.13. The molecule has 27 heavy (non-hydrogen) atoms. The minimum Gasteiger partial charge on any atom is -0.347 e. The van der Waals surface area contributed by atoms with Gasteiger partial charge in [-0.2, -0.15) is 0 Å². The van der Waals surface area contributed by atoms with E-state index in [1.165, 1.54) is 23.5 Å². The van der Waals surface area contributed by atoms with Crippen LogP contribution < -0.4 is 10.2 Å². The molecule has 1 atom stereocenters. The Morgan fingerprint density at radius 1 is 1.33 bits per heavy atom. The van der Waals surface area contributed by atoms with Crippen LogP contribution in [0.1, 0.15) is 12.8 Å². The molecule has 1 N–H and O–H groups in total. The van der Waals surface area contributed by atoms with Crippen molar-refractivity contribution in [1.29, 1.82) is 0 Å². The molecule has 2 heterocycles. The van der Waals surface area contributed by atoms with Crippen LogP contribution in [-0.2, 0) is 4.79 Å². The van der Waals surface area contributed by atoms with Crippen molar-refractivity contribution in [1.82, 2.24) is 4.98 Å². The number of hydrogen-bond donors (Lipinski definition) is 1. The van der Waals surface area contributed by atoms with Gasteiger partial charge >= 0.3 is 0 Å². The molecule has 1 aliphatic rings. The molecule has 0 aliphatic carbocycles. The molecule has 1 fully saturated rings. The number of thiazole rings is 1. The third kappa shape index (κ3) is 4.09. The molecule has 2 aromatic carbocycles. The molecule has 1 aliphatic heterocycles. The summed E-state index contributed by atoms with van der Waals surface area (Å²) in [6.07, 6.45) is 3.82. The van der Waals surface area contributed by atoms with E-state index in [0.717, 1.165) is 45.3 Å². The first kappa shape index (κ1) is 18.3. The third-order valence-corrected chi connectivity index (χ3v) is 6.54. The number of carbonyl (C=O) groups excluding carboxylic acids is 1. The molecule has 1 aromatic heterocycles. The average molecular weight is 402 g/mol. The van der Waals surface area contributed by atoms with Crippen LogP contribution in [0.5, 0.6) is 0 Å². The van der Waals surface area contributed by atoms with Gasteiger partial charge in [0.05, 0.1) is 16.1 Å². The zero-order valence-corrected chi connectivity index (χ0v) is 16.6. The number of nitrogens with zero attached hydrogens (tertiary/aromatic N) is 2. The summed E-state index contributed by atoms with van der Waals surface area (Å²) in [5.41, 5.74) is 1.64. The number of fused-ring (bicyclic) bond motifs is 1. The molecule has 0 radical (unpaired) electrons. The van der Waals surface area contributed by atoms with Crippen molar-refractivity contribution in [2.75, 3.05) is 29.6 Å². The maximum atomic E-state index is 13.4. The van der Waals surface area contributed by atoms with Crippen molar-refractivity contribution in [2.24, 2.45) is 5.92 Å². The van der Waals surface area contributed by atoms with Crippen molar-refractivity contribution >= 4 is 50.0 Å². The van der Waals surface area contributed by atoms with Crippen molar-refractivity contribution < 1.29 is 9.18 Å². The minimum absolute atomic E-state index is 0.0464. The molecule has 1 unspecified atom stereocenters. The zero-order chi connectivity index (χ0) is 18.8. The van der Waals surface area contributed by atoms with Gasteiger partial charge in [-0.25, -0.2) is 9.37 Å². The highest BCUT2D eigenvalue weighted by atomic mass is 32.2. The number of benzene rings is 2. The number of amides is 1. The largest absolute Gasteiger partial charge is 0.347 e. The Bertz CT molecular complexity index is 975. The lowest BCUT2D eigenvalue weighted by Crippen LogP contribution is -2.40. The van der Waals surface area contributed by atoms with Gasteiger partial charge in [0.1, 0.15) is 5.82 Å². The maximum absolute atomic E-state index is 13.4. The topological polar surface area (TPSA) is 45.2 Å². The molecular formula is C20H20FN3OS2. The van der Waals surface area contributed by atoms with Crippen LogP contribution in [0, 0.1) is 11.7 Å². The first-order chi connectivity index (χ1) is 13.1. The maximum Gasteiger partial charge on any atom is 0.229 e. The Kier molecular flexibility index (Phi) is 5.31. The molecule has 4 nitrogen and oxygen atoms in total. The molecule has 4 rings (SSSR count). The molecule has 0 spiro atoms. The fourth-order valence-corrected chi connectivity index (χ4v) is 4.82. The molecule has 140 valence electrons. The monoisotopic (exact) mass is 401 g/mol. The first-order valence-corrected chi connectivity index (χ1v) is 10.9. The minimum atomic E-state index is -0.249. The van der Waals surface area contributed by atoms with Gasteiger partial charge in [-0.15, -0.1) is 11.8 Å². The van der Waals surface area contributed by atoms with E-state index in [-0.39, 0.29) is 17.6 Å². The van der Waals surface area contributed by atoms with E-state index in [9.17, 15) is 9.18 Å². The number of carbonyl (C=O) groups is 1. The number of anilines is 2. The molecule has 1 saturated heterocycles. The van der Waals surface area contributed by atoms with Crippen LogP contribution in [-0.4, -0.2) is 30.2 Å². The van der Waals surface area contributed by atoms with E-state index in [1.54, 1.807) is 17.8 Å². The third-order valence-electron chi connectivity index (χ3n) is 4.74. The second-order valence-electron chi connectivity index (χ2n) is 6.61. The predicted molar refractivity (Wildman–Crippen MR) is 111 cm³/mol. The average Bonchev–Trinajstić information content (AvgIpc) is 3.11. The van der Waals surface area contributed by atoms with Crippen molar-refractivity contribution in [3.05, 3.63) is 48.3 Å². The van der Waals surface area contributed by atoms with Crippen molar-refractivity contribution in [3.8, 4) is 0 Å². The summed E-state index contributed by atoms with van der Waals surface area (Å²) in [6.45, 7) is 1.50. The standard InChI is InChI=1S/C20H20FN3OS2/c1-26-16-6-2-5-15(11-16)22-19(25)13-4-3-9-24(12-13)20-23-17-8-7-14(21)10-18(17)27-20/h2,5-8,10-11,13H,3-4,9,12H2,1H3,(H,22,25). The smallest absolute Gasteiger partial charge is 0.229 e. The highest BCUT2D eigenvalue weighted by Crippen LogP contribution is 2.32. The number of hydrogen-bond acceptors (Lipinski definition) is 5. The lowest BCUT2D eigenvalue weighted by molar-refractivity contribution is -0.120. The number of halogens is 1. The molecule has 0 bridgehead atoms. The molecule has 3 aromatic rings. The Balaban J connectivity index is 1.47. The first-order valence-electron chi connectivity index (χ1n) is 8.88. The summed E-state index contributed by atoms with van der Waals surface area (Å²) in [5, 5.41) is 3.91. The summed E-state index contributed by atoms with van der Waals surface area (Å²) in [7, 11) is 0. The van der Waals surface area contributed by atoms with E-state index in [0.29, 0.717) is 6.54 Å². The van der Waals surface area contributed by atoms with Gasteiger partial charge in [-0.3, -0.25) is 4.79 Å².